The topological polar surface area (TPSA) is 44.5 Å². The predicted octanol–water partition coefficient (Wildman–Crippen LogP) is 3.00. The van der Waals surface area contributed by atoms with Crippen molar-refractivity contribution in [2.75, 3.05) is 18.6 Å². The summed E-state index contributed by atoms with van der Waals surface area (Å²) in [4.78, 5) is 0. The Morgan fingerprint density at radius 3 is 2.65 bits per heavy atom. The largest absolute Gasteiger partial charge is 0.493 e. The summed E-state index contributed by atoms with van der Waals surface area (Å²) in [6, 6.07) is 6.25. The highest BCUT2D eigenvalue weighted by atomic mass is 32.2. The summed E-state index contributed by atoms with van der Waals surface area (Å²) < 4.78 is 11.6. The van der Waals surface area contributed by atoms with Gasteiger partial charge in [0, 0.05) is 5.54 Å². The smallest absolute Gasteiger partial charge is 0.161 e. The van der Waals surface area contributed by atoms with Crippen molar-refractivity contribution < 1.29 is 9.47 Å². The first kappa shape index (κ1) is 14.1. The molecule has 1 aromatic rings. The predicted molar refractivity (Wildman–Crippen MR) is 83.8 cm³/mol. The van der Waals surface area contributed by atoms with E-state index in [0.29, 0.717) is 6.10 Å². The van der Waals surface area contributed by atoms with Crippen LogP contribution in [0.1, 0.15) is 31.2 Å². The van der Waals surface area contributed by atoms with Crippen LogP contribution in [0.5, 0.6) is 11.5 Å². The zero-order valence-electron chi connectivity index (χ0n) is 12.1. The second-order valence-corrected chi connectivity index (χ2v) is 7.18. The Kier molecular flexibility index (Phi) is 4.13. The summed E-state index contributed by atoms with van der Waals surface area (Å²) in [5, 5.41) is 0. The van der Waals surface area contributed by atoms with E-state index in [4.69, 9.17) is 15.2 Å². The molecule has 0 spiro atoms. The molecule has 1 heterocycles. The van der Waals surface area contributed by atoms with Gasteiger partial charge in [-0.25, -0.2) is 0 Å². The molecule has 1 aromatic carbocycles. The Bertz CT molecular complexity index is 468. The van der Waals surface area contributed by atoms with Crippen LogP contribution in [-0.4, -0.2) is 30.3 Å². The lowest BCUT2D eigenvalue weighted by atomic mass is 10.0. The Morgan fingerprint density at radius 1 is 1.25 bits per heavy atom. The quantitative estimate of drug-likeness (QED) is 0.906. The van der Waals surface area contributed by atoms with Gasteiger partial charge in [0.2, 0.25) is 0 Å². The molecule has 1 aliphatic carbocycles. The van der Waals surface area contributed by atoms with Crippen molar-refractivity contribution in [3.05, 3.63) is 23.8 Å². The van der Waals surface area contributed by atoms with E-state index in [2.05, 4.69) is 12.1 Å². The number of hydrogen-bond donors (Lipinski definition) is 1. The highest BCUT2D eigenvalue weighted by molar-refractivity contribution is 7.99. The average molecular weight is 293 g/mol. The monoisotopic (exact) mass is 293 g/mol. The molecule has 0 amide bonds. The average Bonchev–Trinajstić information content (AvgIpc) is 3.19. The van der Waals surface area contributed by atoms with Gasteiger partial charge in [-0.3, -0.25) is 0 Å². The molecule has 1 saturated carbocycles. The molecule has 0 aromatic heterocycles. The lowest BCUT2D eigenvalue weighted by Gasteiger charge is -2.24. The summed E-state index contributed by atoms with van der Waals surface area (Å²) in [6.45, 7) is 0. The highest BCUT2D eigenvalue weighted by Crippen LogP contribution is 2.38. The minimum absolute atomic E-state index is 0.0357. The normalized spacial score (nSPS) is 21.5. The second kappa shape index (κ2) is 5.86. The van der Waals surface area contributed by atoms with Crippen LogP contribution in [0.15, 0.2) is 18.2 Å². The minimum Gasteiger partial charge on any atom is -0.493 e. The van der Waals surface area contributed by atoms with Crippen molar-refractivity contribution in [1.82, 2.24) is 0 Å². The lowest BCUT2D eigenvalue weighted by Crippen LogP contribution is -2.24. The van der Waals surface area contributed by atoms with Crippen molar-refractivity contribution in [3.8, 4) is 11.5 Å². The molecule has 0 bridgehead atoms. The summed E-state index contributed by atoms with van der Waals surface area (Å²) in [5.74, 6) is 4.10. The summed E-state index contributed by atoms with van der Waals surface area (Å²) in [7, 11) is 1.71. The molecular formula is C16H23NO2S. The van der Waals surface area contributed by atoms with Gasteiger partial charge in [-0.1, -0.05) is 6.07 Å². The Labute approximate surface area is 125 Å². The van der Waals surface area contributed by atoms with Crippen molar-refractivity contribution in [2.24, 2.45) is 5.73 Å². The van der Waals surface area contributed by atoms with Crippen molar-refractivity contribution >= 4 is 11.8 Å². The van der Waals surface area contributed by atoms with Gasteiger partial charge in [0.05, 0.1) is 7.11 Å². The van der Waals surface area contributed by atoms with E-state index >= 15 is 0 Å². The fourth-order valence-electron chi connectivity index (χ4n) is 2.64. The van der Waals surface area contributed by atoms with Gasteiger partial charge in [0.25, 0.3) is 0 Å². The Morgan fingerprint density at radius 2 is 2.00 bits per heavy atom. The minimum atomic E-state index is 0.0357. The van der Waals surface area contributed by atoms with Crippen LogP contribution >= 0.6 is 11.8 Å². The second-order valence-electron chi connectivity index (χ2n) is 5.95. The number of rotatable bonds is 5. The molecule has 2 aliphatic rings. The van der Waals surface area contributed by atoms with Crippen LogP contribution in [-0.2, 0) is 6.42 Å². The summed E-state index contributed by atoms with van der Waals surface area (Å²) in [5.41, 5.74) is 7.46. The van der Waals surface area contributed by atoms with Gasteiger partial charge in [-0.15, -0.1) is 0 Å². The standard InChI is InChI=1S/C16H23NO2S/c1-18-15-10-12(11-16(17)6-7-16)2-3-14(15)19-13-4-8-20-9-5-13/h2-3,10,13H,4-9,11,17H2,1H3. The van der Waals surface area contributed by atoms with Crippen molar-refractivity contribution in [1.29, 1.82) is 0 Å². The van der Waals surface area contributed by atoms with Crippen LogP contribution < -0.4 is 15.2 Å². The van der Waals surface area contributed by atoms with Gasteiger partial charge in [-0.2, -0.15) is 11.8 Å². The lowest BCUT2D eigenvalue weighted by molar-refractivity contribution is 0.184. The molecule has 2 N–H and O–H groups in total. The van der Waals surface area contributed by atoms with Gasteiger partial charge in [-0.05, 0) is 61.3 Å². The van der Waals surface area contributed by atoms with E-state index < -0.39 is 0 Å². The molecule has 1 aliphatic heterocycles. The van der Waals surface area contributed by atoms with Crippen LogP contribution in [0.2, 0.25) is 0 Å². The number of methoxy groups -OCH3 is 1. The molecule has 0 atom stereocenters. The maximum Gasteiger partial charge on any atom is 0.161 e. The molecule has 0 radical (unpaired) electrons. The van der Waals surface area contributed by atoms with Gasteiger partial charge in [0.15, 0.2) is 11.5 Å². The third-order valence-electron chi connectivity index (χ3n) is 4.14. The van der Waals surface area contributed by atoms with E-state index in [1.165, 1.54) is 17.1 Å². The number of nitrogens with two attached hydrogens (primary N) is 1. The van der Waals surface area contributed by atoms with Crippen molar-refractivity contribution in [2.45, 2.75) is 43.7 Å². The SMILES string of the molecule is COc1cc(CC2(N)CC2)ccc1OC1CCSCC1. The fourth-order valence-corrected chi connectivity index (χ4v) is 3.70. The van der Waals surface area contributed by atoms with Crippen molar-refractivity contribution in [3.63, 3.8) is 0 Å². The first-order valence-corrected chi connectivity index (χ1v) is 8.54. The maximum absolute atomic E-state index is 6.18. The van der Waals surface area contributed by atoms with Gasteiger partial charge >= 0.3 is 0 Å². The van der Waals surface area contributed by atoms with E-state index in [1.54, 1.807) is 7.11 Å². The van der Waals surface area contributed by atoms with E-state index in [9.17, 15) is 0 Å². The fraction of sp³-hybridized carbons (Fsp3) is 0.625. The Balaban J connectivity index is 1.69. The molecule has 0 unspecified atom stereocenters. The molecule has 3 nitrogen and oxygen atoms in total. The summed E-state index contributed by atoms with van der Waals surface area (Å²) >= 11 is 2.01. The Hall–Kier alpha value is -0.870. The molecule has 3 rings (SSSR count). The number of ether oxygens (including phenoxy) is 2. The third-order valence-corrected chi connectivity index (χ3v) is 5.19. The molecular weight excluding hydrogens is 270 g/mol. The molecule has 2 fully saturated rings. The molecule has 4 heteroatoms. The van der Waals surface area contributed by atoms with Crippen LogP contribution in [0.25, 0.3) is 0 Å². The third kappa shape index (κ3) is 3.41. The van der Waals surface area contributed by atoms with E-state index in [1.807, 2.05) is 17.8 Å². The summed E-state index contributed by atoms with van der Waals surface area (Å²) in [6.07, 6.45) is 5.79. The number of hydrogen-bond acceptors (Lipinski definition) is 4. The first-order valence-electron chi connectivity index (χ1n) is 7.39. The van der Waals surface area contributed by atoms with E-state index in [0.717, 1.165) is 43.6 Å². The molecule has 110 valence electrons. The molecule has 20 heavy (non-hydrogen) atoms. The number of benzene rings is 1. The van der Waals surface area contributed by atoms with E-state index in [-0.39, 0.29) is 5.54 Å². The maximum atomic E-state index is 6.18. The van der Waals surface area contributed by atoms with Crippen LogP contribution in [0.3, 0.4) is 0 Å². The van der Waals surface area contributed by atoms with Crippen LogP contribution in [0.4, 0.5) is 0 Å². The van der Waals surface area contributed by atoms with Gasteiger partial charge in [0.1, 0.15) is 6.10 Å². The van der Waals surface area contributed by atoms with Gasteiger partial charge < -0.3 is 15.2 Å². The number of thioether (sulfide) groups is 1. The zero-order valence-corrected chi connectivity index (χ0v) is 12.9. The zero-order chi connectivity index (χ0) is 14.0. The highest BCUT2D eigenvalue weighted by Gasteiger charge is 2.38. The van der Waals surface area contributed by atoms with Crippen LogP contribution in [0, 0.1) is 0 Å². The molecule has 1 saturated heterocycles. The first-order chi connectivity index (χ1) is 9.68.